The number of aromatic nitrogens is 1. The molecule has 2 aliphatic heterocycles. The van der Waals surface area contributed by atoms with Gasteiger partial charge in [0, 0.05) is 42.7 Å². The zero-order valence-corrected chi connectivity index (χ0v) is 16.3. The van der Waals surface area contributed by atoms with Gasteiger partial charge in [0.2, 0.25) is 11.8 Å². The summed E-state index contributed by atoms with van der Waals surface area (Å²) in [4.78, 5) is 44.4. The first-order chi connectivity index (χ1) is 13.6. The molecule has 0 atom stereocenters. The van der Waals surface area contributed by atoms with Gasteiger partial charge in [-0.3, -0.25) is 19.3 Å². The number of hydrogen-bond donors (Lipinski definition) is 1. The number of hydrogen-bond acceptors (Lipinski definition) is 5. The number of anilines is 2. The molecule has 0 radical (unpaired) electrons. The van der Waals surface area contributed by atoms with E-state index < -0.39 is 0 Å². The number of likely N-dealkylation sites (tertiary alicyclic amines) is 1. The molecule has 2 aromatic rings. The summed E-state index contributed by atoms with van der Waals surface area (Å²) in [5.74, 6) is -0.0426. The minimum atomic E-state index is -0.178. The van der Waals surface area contributed by atoms with Crippen LogP contribution in [0.4, 0.5) is 10.8 Å². The van der Waals surface area contributed by atoms with Gasteiger partial charge in [-0.2, -0.15) is 0 Å². The Balaban J connectivity index is 1.33. The third-order valence-corrected chi connectivity index (χ3v) is 5.91. The van der Waals surface area contributed by atoms with Crippen LogP contribution >= 0.6 is 11.3 Å². The fraction of sp³-hybridized carbons (Fsp3) is 0.400. The third-order valence-electron chi connectivity index (χ3n) is 4.99. The van der Waals surface area contributed by atoms with Crippen LogP contribution in [-0.4, -0.2) is 47.2 Å². The van der Waals surface area contributed by atoms with Gasteiger partial charge in [0.15, 0.2) is 5.13 Å². The van der Waals surface area contributed by atoms with Crippen molar-refractivity contribution in [2.75, 3.05) is 29.9 Å². The lowest BCUT2D eigenvalue weighted by atomic mass is 10.2. The molecule has 1 aromatic heterocycles. The molecule has 4 rings (SSSR count). The van der Waals surface area contributed by atoms with E-state index in [4.69, 9.17) is 0 Å². The first-order valence-electron chi connectivity index (χ1n) is 9.54. The average Bonchev–Trinajstić information content (AvgIpc) is 3.43. The van der Waals surface area contributed by atoms with E-state index in [1.165, 1.54) is 11.3 Å². The maximum absolute atomic E-state index is 12.4. The monoisotopic (exact) mass is 398 g/mol. The Morgan fingerprint density at radius 1 is 1.07 bits per heavy atom. The van der Waals surface area contributed by atoms with Crippen LogP contribution in [0.25, 0.3) is 0 Å². The van der Waals surface area contributed by atoms with Crippen molar-refractivity contribution in [3.63, 3.8) is 0 Å². The Morgan fingerprint density at radius 2 is 1.82 bits per heavy atom. The smallest absolute Gasteiger partial charge is 0.253 e. The molecule has 0 spiro atoms. The molecule has 2 saturated heterocycles. The van der Waals surface area contributed by atoms with Gasteiger partial charge in [0.25, 0.3) is 5.91 Å². The molecule has 1 N–H and O–H groups in total. The van der Waals surface area contributed by atoms with Crippen molar-refractivity contribution in [3.05, 3.63) is 40.9 Å². The normalized spacial score (nSPS) is 16.6. The standard InChI is InChI=1S/C20H22N4O3S/c25-17(12-16-13-28-20(22-16)24-11-3-4-18(24)26)21-15-7-5-14(6-8-15)19(27)23-9-1-2-10-23/h5-8,13H,1-4,9-12H2,(H,21,25). The van der Waals surface area contributed by atoms with Crippen molar-refractivity contribution in [1.29, 1.82) is 0 Å². The molecule has 0 unspecified atom stereocenters. The molecule has 8 heteroatoms. The molecule has 7 nitrogen and oxygen atoms in total. The maximum Gasteiger partial charge on any atom is 0.253 e. The van der Waals surface area contributed by atoms with Crippen molar-refractivity contribution < 1.29 is 14.4 Å². The molecule has 3 heterocycles. The fourth-order valence-corrected chi connectivity index (χ4v) is 4.39. The summed E-state index contributed by atoms with van der Waals surface area (Å²) in [6, 6.07) is 6.99. The summed E-state index contributed by atoms with van der Waals surface area (Å²) in [6.45, 7) is 2.33. The highest BCUT2D eigenvalue weighted by Gasteiger charge is 2.24. The summed E-state index contributed by atoms with van der Waals surface area (Å²) < 4.78 is 0. The van der Waals surface area contributed by atoms with Crippen LogP contribution in [0.2, 0.25) is 0 Å². The highest BCUT2D eigenvalue weighted by Crippen LogP contribution is 2.25. The first-order valence-corrected chi connectivity index (χ1v) is 10.4. The van der Waals surface area contributed by atoms with Crippen molar-refractivity contribution in [1.82, 2.24) is 9.88 Å². The number of carbonyl (C=O) groups is 3. The lowest BCUT2D eigenvalue weighted by Crippen LogP contribution is -2.27. The van der Waals surface area contributed by atoms with Crippen LogP contribution in [0.3, 0.4) is 0 Å². The minimum Gasteiger partial charge on any atom is -0.339 e. The number of carbonyl (C=O) groups excluding carboxylic acids is 3. The van der Waals surface area contributed by atoms with Crippen molar-refractivity contribution in [2.45, 2.75) is 32.1 Å². The van der Waals surface area contributed by atoms with Gasteiger partial charge in [0.05, 0.1) is 12.1 Å². The summed E-state index contributed by atoms with van der Waals surface area (Å²) in [7, 11) is 0. The van der Waals surface area contributed by atoms with Gasteiger partial charge >= 0.3 is 0 Å². The van der Waals surface area contributed by atoms with Crippen molar-refractivity contribution >= 4 is 39.9 Å². The van der Waals surface area contributed by atoms with Gasteiger partial charge in [-0.25, -0.2) is 4.98 Å². The average molecular weight is 398 g/mol. The summed E-state index contributed by atoms with van der Waals surface area (Å²) in [5.41, 5.74) is 1.94. The molecule has 0 bridgehead atoms. The molecule has 28 heavy (non-hydrogen) atoms. The van der Waals surface area contributed by atoms with Crippen LogP contribution in [0.1, 0.15) is 41.7 Å². The van der Waals surface area contributed by atoms with Crippen LogP contribution < -0.4 is 10.2 Å². The molecule has 1 aromatic carbocycles. The number of thiazole rings is 1. The number of rotatable bonds is 5. The number of amides is 3. The lowest BCUT2D eigenvalue weighted by Gasteiger charge is -2.15. The zero-order valence-electron chi connectivity index (χ0n) is 15.5. The van der Waals surface area contributed by atoms with Gasteiger partial charge in [-0.1, -0.05) is 0 Å². The van der Waals surface area contributed by atoms with Crippen LogP contribution in [0, 0.1) is 0 Å². The van der Waals surface area contributed by atoms with Crippen LogP contribution in [0.15, 0.2) is 29.6 Å². The van der Waals surface area contributed by atoms with Gasteiger partial charge in [-0.05, 0) is 43.5 Å². The van der Waals surface area contributed by atoms with E-state index in [0.717, 1.165) is 32.4 Å². The fourth-order valence-electron chi connectivity index (χ4n) is 3.52. The molecule has 2 fully saturated rings. The summed E-state index contributed by atoms with van der Waals surface area (Å²) >= 11 is 1.39. The second-order valence-corrected chi connectivity index (χ2v) is 7.91. The van der Waals surface area contributed by atoms with E-state index in [-0.39, 0.29) is 24.1 Å². The second-order valence-electron chi connectivity index (χ2n) is 7.07. The predicted octanol–water partition coefficient (Wildman–Crippen LogP) is 2.69. The Kier molecular flexibility index (Phi) is 5.38. The van der Waals surface area contributed by atoms with E-state index >= 15 is 0 Å². The zero-order chi connectivity index (χ0) is 19.5. The van der Waals surface area contributed by atoms with Crippen LogP contribution in [-0.2, 0) is 16.0 Å². The second kappa shape index (κ2) is 8.10. The Morgan fingerprint density at radius 3 is 2.50 bits per heavy atom. The van der Waals surface area contributed by atoms with E-state index in [2.05, 4.69) is 10.3 Å². The molecular weight excluding hydrogens is 376 g/mol. The van der Waals surface area contributed by atoms with Crippen molar-refractivity contribution in [2.24, 2.45) is 0 Å². The van der Waals surface area contributed by atoms with E-state index in [9.17, 15) is 14.4 Å². The maximum atomic E-state index is 12.4. The Hall–Kier alpha value is -2.74. The molecular formula is C20H22N4O3S. The van der Waals surface area contributed by atoms with Crippen LogP contribution in [0.5, 0.6) is 0 Å². The van der Waals surface area contributed by atoms with Gasteiger partial charge in [-0.15, -0.1) is 11.3 Å². The molecule has 3 amide bonds. The van der Waals surface area contributed by atoms with E-state index in [1.807, 2.05) is 10.3 Å². The van der Waals surface area contributed by atoms with E-state index in [0.29, 0.717) is 35.0 Å². The summed E-state index contributed by atoms with van der Waals surface area (Å²) in [5, 5.41) is 5.31. The van der Waals surface area contributed by atoms with Gasteiger partial charge in [0.1, 0.15) is 0 Å². The molecule has 0 saturated carbocycles. The van der Waals surface area contributed by atoms with Gasteiger partial charge < -0.3 is 10.2 Å². The highest BCUT2D eigenvalue weighted by atomic mass is 32.1. The van der Waals surface area contributed by atoms with Crippen molar-refractivity contribution in [3.8, 4) is 0 Å². The molecule has 2 aliphatic rings. The quantitative estimate of drug-likeness (QED) is 0.839. The topological polar surface area (TPSA) is 82.6 Å². The van der Waals surface area contributed by atoms with E-state index in [1.54, 1.807) is 29.2 Å². The Labute approximate surface area is 167 Å². The predicted molar refractivity (Wildman–Crippen MR) is 108 cm³/mol. The number of nitrogens with zero attached hydrogens (tertiary/aromatic N) is 3. The number of nitrogens with one attached hydrogen (secondary N) is 1. The molecule has 0 aliphatic carbocycles. The molecule has 146 valence electrons. The number of benzene rings is 1. The summed E-state index contributed by atoms with van der Waals surface area (Å²) in [6.07, 6.45) is 3.68. The first kappa shape index (κ1) is 18.6. The third kappa shape index (κ3) is 4.06. The Bertz CT molecular complexity index is 887. The lowest BCUT2D eigenvalue weighted by molar-refractivity contribution is -0.117. The highest BCUT2D eigenvalue weighted by molar-refractivity contribution is 7.14. The SMILES string of the molecule is O=C(Cc1csc(N2CCCC2=O)n1)Nc1ccc(C(=O)N2CCCC2)cc1. The largest absolute Gasteiger partial charge is 0.339 e. The minimum absolute atomic E-state index is 0.0434.